The molecule has 0 aromatic carbocycles. The van der Waals surface area contributed by atoms with Gasteiger partial charge < -0.3 is 16.4 Å². The summed E-state index contributed by atoms with van der Waals surface area (Å²) in [6.07, 6.45) is 0. The fraction of sp³-hybridized carbons (Fsp3) is 0.667. The van der Waals surface area contributed by atoms with Crippen molar-refractivity contribution in [2.45, 2.75) is 5.25 Å². The van der Waals surface area contributed by atoms with Gasteiger partial charge in [0.05, 0.1) is 11.5 Å². The van der Waals surface area contributed by atoms with Gasteiger partial charge in [-0.25, -0.2) is 0 Å². The molecule has 0 saturated carbocycles. The van der Waals surface area contributed by atoms with Crippen LogP contribution in [0.3, 0.4) is 0 Å². The lowest BCUT2D eigenvalue weighted by atomic mass is 10.4. The van der Waals surface area contributed by atoms with E-state index in [1.165, 1.54) is 0 Å². The lowest BCUT2D eigenvalue weighted by Gasteiger charge is -2.20. The number of carbonyl (C=O) groups is 2. The largest absolute Gasteiger partial charge is 0.392 e. The Morgan fingerprint density at radius 2 is 2.00 bits per heavy atom. The molecule has 1 atom stereocenters. The van der Waals surface area contributed by atoms with Crippen LogP contribution in [-0.2, 0) is 9.59 Å². The highest BCUT2D eigenvalue weighted by Crippen LogP contribution is 2.23. The minimum Gasteiger partial charge on any atom is -0.392 e. The molecule has 0 aromatic heterocycles. The van der Waals surface area contributed by atoms with Gasteiger partial charge in [0.15, 0.2) is 0 Å². The van der Waals surface area contributed by atoms with Crippen LogP contribution in [0.5, 0.6) is 0 Å². The van der Waals surface area contributed by atoms with Crippen LogP contribution in [0.15, 0.2) is 0 Å². The zero-order valence-electron chi connectivity index (χ0n) is 9.23. The van der Waals surface area contributed by atoms with Gasteiger partial charge in [0, 0.05) is 29.1 Å². The van der Waals surface area contributed by atoms with Gasteiger partial charge in [-0.05, 0) is 0 Å². The minimum absolute atomic E-state index is 0.0512. The van der Waals surface area contributed by atoms with E-state index in [1.807, 2.05) is 23.5 Å². The van der Waals surface area contributed by atoms with Crippen LogP contribution >= 0.6 is 35.7 Å². The minimum atomic E-state index is -0.689. The van der Waals surface area contributed by atoms with E-state index < -0.39 is 11.8 Å². The molecule has 1 rings (SSSR count). The highest BCUT2D eigenvalue weighted by atomic mass is 32.2. The van der Waals surface area contributed by atoms with Crippen molar-refractivity contribution in [1.29, 1.82) is 0 Å². The smallest absolute Gasteiger partial charge is 0.309 e. The molecule has 0 radical (unpaired) electrons. The number of rotatable bonds is 4. The number of amides is 2. The molecule has 8 heteroatoms. The lowest BCUT2D eigenvalue weighted by molar-refractivity contribution is -0.138. The number of nitrogens with two attached hydrogens (primary N) is 1. The van der Waals surface area contributed by atoms with Crippen molar-refractivity contribution in [3.8, 4) is 0 Å². The third kappa shape index (κ3) is 6.13. The van der Waals surface area contributed by atoms with Crippen LogP contribution in [0.2, 0.25) is 0 Å². The zero-order valence-corrected chi connectivity index (χ0v) is 11.7. The molecule has 2 amide bonds. The number of thioether (sulfide) groups is 2. The van der Waals surface area contributed by atoms with Gasteiger partial charge in [-0.2, -0.15) is 23.5 Å². The standard InChI is InChI=1S/C9H15N3O2S3/c10-7(15)4-12-9(14)8(13)11-3-6-5-16-1-2-17-6/h6H,1-5H2,(H2,10,15)(H,11,13)(H,12,14). The first-order chi connectivity index (χ1) is 8.09. The monoisotopic (exact) mass is 293 g/mol. The second-order valence-corrected chi connectivity index (χ2v) is 6.51. The summed E-state index contributed by atoms with van der Waals surface area (Å²) in [5, 5.41) is 5.34. The lowest BCUT2D eigenvalue weighted by Crippen LogP contribution is -2.45. The van der Waals surface area contributed by atoms with Crippen molar-refractivity contribution in [2.24, 2.45) is 5.73 Å². The Hall–Kier alpha value is -0.470. The van der Waals surface area contributed by atoms with Crippen LogP contribution in [0.1, 0.15) is 0 Å². The van der Waals surface area contributed by atoms with Gasteiger partial charge in [-0.3, -0.25) is 9.59 Å². The topological polar surface area (TPSA) is 84.2 Å². The molecule has 1 heterocycles. The molecule has 96 valence electrons. The number of carbonyl (C=O) groups excluding carboxylic acids is 2. The fourth-order valence-electron chi connectivity index (χ4n) is 1.19. The van der Waals surface area contributed by atoms with Crippen LogP contribution in [0.4, 0.5) is 0 Å². The van der Waals surface area contributed by atoms with Crippen molar-refractivity contribution < 1.29 is 9.59 Å². The Labute approximate surface area is 114 Å². The first-order valence-corrected chi connectivity index (χ1v) is 7.74. The molecular weight excluding hydrogens is 278 g/mol. The SMILES string of the molecule is NC(=S)CNC(=O)C(=O)NCC1CSCCS1. The molecule has 1 unspecified atom stereocenters. The van der Waals surface area contributed by atoms with Crippen molar-refractivity contribution in [3.63, 3.8) is 0 Å². The van der Waals surface area contributed by atoms with Crippen molar-refractivity contribution in [1.82, 2.24) is 10.6 Å². The molecule has 0 aromatic rings. The molecule has 5 nitrogen and oxygen atoms in total. The zero-order chi connectivity index (χ0) is 12.7. The molecule has 1 aliphatic heterocycles. The number of hydrogen-bond donors (Lipinski definition) is 3. The normalized spacial score (nSPS) is 19.4. The van der Waals surface area contributed by atoms with Crippen LogP contribution in [0, 0.1) is 0 Å². The van der Waals surface area contributed by atoms with E-state index in [0.717, 1.165) is 17.3 Å². The highest BCUT2D eigenvalue weighted by molar-refractivity contribution is 8.06. The fourth-order valence-corrected chi connectivity index (χ4v) is 3.87. The van der Waals surface area contributed by atoms with Crippen molar-refractivity contribution in [2.75, 3.05) is 30.3 Å². The molecule has 17 heavy (non-hydrogen) atoms. The summed E-state index contributed by atoms with van der Waals surface area (Å²) in [7, 11) is 0. The Balaban J connectivity index is 2.19. The maximum absolute atomic E-state index is 11.4. The van der Waals surface area contributed by atoms with E-state index in [2.05, 4.69) is 22.9 Å². The van der Waals surface area contributed by atoms with E-state index in [1.54, 1.807) is 0 Å². The molecule has 0 aliphatic carbocycles. The second-order valence-electron chi connectivity index (χ2n) is 3.43. The van der Waals surface area contributed by atoms with Crippen molar-refractivity contribution >= 4 is 52.5 Å². The summed E-state index contributed by atoms with van der Waals surface area (Å²) < 4.78 is 0. The third-order valence-electron chi connectivity index (χ3n) is 2.00. The van der Waals surface area contributed by atoms with Gasteiger partial charge in [0.25, 0.3) is 0 Å². The molecule has 4 N–H and O–H groups in total. The average molecular weight is 293 g/mol. The summed E-state index contributed by atoms with van der Waals surface area (Å²) >= 11 is 8.29. The summed E-state index contributed by atoms with van der Waals surface area (Å²) in [6.45, 7) is 0.576. The summed E-state index contributed by atoms with van der Waals surface area (Å²) in [5.41, 5.74) is 5.21. The first kappa shape index (κ1) is 14.6. The van der Waals surface area contributed by atoms with Crippen LogP contribution in [0.25, 0.3) is 0 Å². The Morgan fingerprint density at radius 1 is 1.29 bits per heavy atom. The maximum atomic E-state index is 11.4. The van der Waals surface area contributed by atoms with Crippen LogP contribution in [-0.4, -0.2) is 52.4 Å². The van der Waals surface area contributed by atoms with Gasteiger partial charge in [0.2, 0.25) is 0 Å². The predicted octanol–water partition coefficient (Wildman–Crippen LogP) is -0.646. The number of thiocarbonyl (C=S) groups is 1. The van der Waals surface area contributed by atoms with Gasteiger partial charge in [-0.15, -0.1) is 0 Å². The summed E-state index contributed by atoms with van der Waals surface area (Å²) in [5.74, 6) is 1.95. The molecule has 0 bridgehead atoms. The first-order valence-electron chi connectivity index (χ1n) is 5.13. The quantitative estimate of drug-likeness (QED) is 0.472. The van der Waals surface area contributed by atoms with E-state index in [0.29, 0.717) is 11.8 Å². The summed E-state index contributed by atoms with van der Waals surface area (Å²) in [6, 6.07) is 0. The molecule has 1 saturated heterocycles. The molecule has 0 spiro atoms. The number of nitrogens with one attached hydrogen (secondary N) is 2. The van der Waals surface area contributed by atoms with Gasteiger partial charge in [-0.1, -0.05) is 12.2 Å². The van der Waals surface area contributed by atoms with E-state index in [-0.39, 0.29) is 11.5 Å². The molecule has 1 fully saturated rings. The second kappa shape index (κ2) is 7.78. The van der Waals surface area contributed by atoms with Gasteiger partial charge >= 0.3 is 11.8 Å². The predicted molar refractivity (Wildman–Crippen MR) is 76.4 cm³/mol. The molecular formula is C9H15N3O2S3. The van der Waals surface area contributed by atoms with E-state index in [9.17, 15) is 9.59 Å². The third-order valence-corrected chi connectivity index (χ3v) is 4.99. The van der Waals surface area contributed by atoms with Crippen LogP contribution < -0.4 is 16.4 Å². The maximum Gasteiger partial charge on any atom is 0.309 e. The molecule has 1 aliphatic rings. The van der Waals surface area contributed by atoms with E-state index >= 15 is 0 Å². The average Bonchev–Trinajstić information content (AvgIpc) is 2.34. The number of hydrogen-bond acceptors (Lipinski definition) is 5. The van der Waals surface area contributed by atoms with Crippen molar-refractivity contribution in [3.05, 3.63) is 0 Å². The Kier molecular flexibility index (Phi) is 6.68. The Bertz CT molecular complexity index is 306. The summed E-state index contributed by atoms with van der Waals surface area (Å²) in [4.78, 5) is 22.8. The Morgan fingerprint density at radius 3 is 2.59 bits per heavy atom. The highest BCUT2D eigenvalue weighted by Gasteiger charge is 2.18. The van der Waals surface area contributed by atoms with E-state index in [4.69, 9.17) is 5.73 Å². The van der Waals surface area contributed by atoms with Gasteiger partial charge in [0.1, 0.15) is 0 Å².